The highest BCUT2D eigenvalue weighted by Gasteiger charge is 2.31. The molecule has 56 valence electrons. The molecule has 0 aromatic carbocycles. The minimum atomic E-state index is 0.814. The van der Waals surface area contributed by atoms with Crippen LogP contribution in [0, 0.1) is 17.8 Å². The summed E-state index contributed by atoms with van der Waals surface area (Å²) in [5.74, 6) is 2.69. The zero-order valence-corrected chi connectivity index (χ0v) is 6.51. The largest absolute Gasteiger partial charge is 0.316 e. The predicted octanol–water partition coefficient (Wildman–Crippen LogP) is 1.42. The molecule has 1 aliphatic heterocycles. The molecule has 1 saturated heterocycles. The molecular formula is C9H15N. The van der Waals surface area contributed by atoms with Crippen molar-refractivity contribution < 1.29 is 0 Å². The molecular weight excluding hydrogens is 122 g/mol. The van der Waals surface area contributed by atoms with Crippen LogP contribution >= 0.6 is 0 Å². The van der Waals surface area contributed by atoms with Crippen molar-refractivity contribution in [1.29, 1.82) is 0 Å². The van der Waals surface area contributed by atoms with E-state index in [1.54, 1.807) is 0 Å². The van der Waals surface area contributed by atoms with Crippen molar-refractivity contribution in [2.45, 2.75) is 13.3 Å². The summed E-state index contributed by atoms with van der Waals surface area (Å²) >= 11 is 0. The lowest BCUT2D eigenvalue weighted by atomic mass is 9.79. The molecule has 1 nitrogen and oxygen atoms in total. The molecule has 0 radical (unpaired) electrons. The third-order valence-corrected chi connectivity index (χ3v) is 2.95. The van der Waals surface area contributed by atoms with Gasteiger partial charge in [0.05, 0.1) is 0 Å². The van der Waals surface area contributed by atoms with E-state index in [1.807, 2.05) is 0 Å². The first-order valence-corrected chi connectivity index (χ1v) is 4.25. The Hall–Kier alpha value is -0.300. The van der Waals surface area contributed by atoms with E-state index in [2.05, 4.69) is 24.4 Å². The fraction of sp³-hybridized carbons (Fsp3) is 0.778. The van der Waals surface area contributed by atoms with Crippen molar-refractivity contribution >= 4 is 0 Å². The van der Waals surface area contributed by atoms with Crippen LogP contribution in [0.2, 0.25) is 0 Å². The summed E-state index contributed by atoms with van der Waals surface area (Å²) in [5, 5.41) is 3.45. The van der Waals surface area contributed by atoms with Gasteiger partial charge in [-0.2, -0.15) is 0 Å². The van der Waals surface area contributed by atoms with Crippen molar-refractivity contribution in [3.63, 3.8) is 0 Å². The maximum atomic E-state index is 3.45. The molecule has 0 aromatic rings. The molecule has 0 amide bonds. The van der Waals surface area contributed by atoms with Crippen molar-refractivity contribution in [1.82, 2.24) is 5.32 Å². The standard InChI is InChI=1S/C9H15N/c1-7-3-2-4-8-5-10-6-9(7)8/h2-3,7-10H,4-6H2,1H3. The highest BCUT2D eigenvalue weighted by Crippen LogP contribution is 2.32. The molecule has 10 heavy (non-hydrogen) atoms. The number of hydrogen-bond acceptors (Lipinski definition) is 1. The monoisotopic (exact) mass is 137 g/mol. The van der Waals surface area contributed by atoms with Crippen LogP contribution in [0.25, 0.3) is 0 Å². The highest BCUT2D eigenvalue weighted by molar-refractivity contribution is 5.02. The van der Waals surface area contributed by atoms with E-state index in [1.165, 1.54) is 19.5 Å². The summed E-state index contributed by atoms with van der Waals surface area (Å²) in [6, 6.07) is 0. The van der Waals surface area contributed by atoms with Crippen molar-refractivity contribution in [3.05, 3.63) is 12.2 Å². The highest BCUT2D eigenvalue weighted by atomic mass is 14.9. The normalized spacial score (nSPS) is 45.5. The molecule has 1 N–H and O–H groups in total. The van der Waals surface area contributed by atoms with Gasteiger partial charge in [0.1, 0.15) is 0 Å². The number of rotatable bonds is 0. The predicted molar refractivity (Wildman–Crippen MR) is 42.8 cm³/mol. The quantitative estimate of drug-likeness (QED) is 0.498. The average molecular weight is 137 g/mol. The second-order valence-corrected chi connectivity index (χ2v) is 3.61. The van der Waals surface area contributed by atoms with E-state index in [-0.39, 0.29) is 0 Å². The zero-order chi connectivity index (χ0) is 6.97. The van der Waals surface area contributed by atoms with Crippen molar-refractivity contribution in [3.8, 4) is 0 Å². The Balaban J connectivity index is 2.13. The first kappa shape index (κ1) is 6.41. The Kier molecular flexibility index (Phi) is 1.53. The minimum Gasteiger partial charge on any atom is -0.316 e. The first-order chi connectivity index (χ1) is 4.88. The molecule has 1 heteroatoms. The molecule has 3 atom stereocenters. The van der Waals surface area contributed by atoms with E-state index in [4.69, 9.17) is 0 Å². The van der Waals surface area contributed by atoms with Gasteiger partial charge in [-0.05, 0) is 37.3 Å². The van der Waals surface area contributed by atoms with E-state index in [0.717, 1.165) is 17.8 Å². The smallest absolute Gasteiger partial charge is 0.00116 e. The summed E-state index contributed by atoms with van der Waals surface area (Å²) in [6.45, 7) is 4.83. The summed E-state index contributed by atoms with van der Waals surface area (Å²) in [6.07, 6.45) is 6.02. The van der Waals surface area contributed by atoms with Gasteiger partial charge in [0.15, 0.2) is 0 Å². The fourth-order valence-corrected chi connectivity index (χ4v) is 2.24. The number of fused-ring (bicyclic) bond motifs is 1. The summed E-state index contributed by atoms with van der Waals surface area (Å²) in [4.78, 5) is 0. The minimum absolute atomic E-state index is 0.814. The summed E-state index contributed by atoms with van der Waals surface area (Å²) in [5.41, 5.74) is 0. The van der Waals surface area contributed by atoms with Gasteiger partial charge in [0, 0.05) is 0 Å². The van der Waals surface area contributed by atoms with Crippen LogP contribution in [0.4, 0.5) is 0 Å². The molecule has 1 fully saturated rings. The zero-order valence-electron chi connectivity index (χ0n) is 6.51. The molecule has 3 unspecified atom stereocenters. The van der Waals surface area contributed by atoms with Crippen molar-refractivity contribution in [2.24, 2.45) is 17.8 Å². The second kappa shape index (κ2) is 2.39. The maximum Gasteiger partial charge on any atom is -0.00116 e. The Morgan fingerprint density at radius 1 is 1.40 bits per heavy atom. The van der Waals surface area contributed by atoms with Crippen LogP contribution in [0.3, 0.4) is 0 Å². The lowest BCUT2D eigenvalue weighted by Gasteiger charge is -2.25. The third-order valence-electron chi connectivity index (χ3n) is 2.95. The van der Waals surface area contributed by atoms with Crippen LogP contribution in [0.1, 0.15) is 13.3 Å². The van der Waals surface area contributed by atoms with Gasteiger partial charge in [-0.3, -0.25) is 0 Å². The van der Waals surface area contributed by atoms with E-state index >= 15 is 0 Å². The first-order valence-electron chi connectivity index (χ1n) is 4.25. The van der Waals surface area contributed by atoms with Gasteiger partial charge in [-0.25, -0.2) is 0 Å². The topological polar surface area (TPSA) is 12.0 Å². The van der Waals surface area contributed by atoms with Gasteiger partial charge in [-0.1, -0.05) is 19.1 Å². The lowest BCUT2D eigenvalue weighted by molar-refractivity contribution is 0.331. The molecule has 1 aliphatic carbocycles. The maximum absolute atomic E-state index is 3.45. The van der Waals surface area contributed by atoms with Crippen LogP contribution in [-0.2, 0) is 0 Å². The van der Waals surface area contributed by atoms with Crippen LogP contribution in [0.15, 0.2) is 12.2 Å². The molecule has 0 aromatic heterocycles. The van der Waals surface area contributed by atoms with Gasteiger partial charge in [0.2, 0.25) is 0 Å². The molecule has 2 rings (SSSR count). The average Bonchev–Trinajstić information content (AvgIpc) is 2.36. The molecule has 0 saturated carbocycles. The Bertz CT molecular complexity index is 151. The van der Waals surface area contributed by atoms with Crippen molar-refractivity contribution in [2.75, 3.05) is 13.1 Å². The number of hydrogen-bond donors (Lipinski definition) is 1. The van der Waals surface area contributed by atoms with Crippen LogP contribution < -0.4 is 5.32 Å². The fourth-order valence-electron chi connectivity index (χ4n) is 2.24. The molecule has 1 heterocycles. The number of allylic oxidation sites excluding steroid dienone is 2. The molecule has 2 aliphatic rings. The van der Waals surface area contributed by atoms with E-state index in [9.17, 15) is 0 Å². The summed E-state index contributed by atoms with van der Waals surface area (Å²) < 4.78 is 0. The van der Waals surface area contributed by atoms with Gasteiger partial charge in [0.25, 0.3) is 0 Å². The van der Waals surface area contributed by atoms with E-state index in [0.29, 0.717) is 0 Å². The van der Waals surface area contributed by atoms with Gasteiger partial charge < -0.3 is 5.32 Å². The Labute approximate surface area is 62.5 Å². The van der Waals surface area contributed by atoms with Gasteiger partial charge in [-0.15, -0.1) is 0 Å². The second-order valence-electron chi connectivity index (χ2n) is 3.61. The van der Waals surface area contributed by atoms with E-state index < -0.39 is 0 Å². The SMILES string of the molecule is CC1C=CCC2CNCC12. The summed E-state index contributed by atoms with van der Waals surface area (Å²) in [7, 11) is 0. The number of nitrogens with one attached hydrogen (secondary N) is 1. The lowest BCUT2D eigenvalue weighted by Crippen LogP contribution is -2.21. The van der Waals surface area contributed by atoms with Gasteiger partial charge >= 0.3 is 0 Å². The van der Waals surface area contributed by atoms with Crippen LogP contribution in [0.5, 0.6) is 0 Å². The molecule has 0 bridgehead atoms. The Morgan fingerprint density at radius 2 is 2.30 bits per heavy atom. The van der Waals surface area contributed by atoms with Crippen LogP contribution in [-0.4, -0.2) is 13.1 Å². The third kappa shape index (κ3) is 0.891. The Morgan fingerprint density at radius 3 is 3.10 bits per heavy atom. The molecule has 0 spiro atoms.